The van der Waals surface area contributed by atoms with E-state index in [9.17, 15) is 19.2 Å². The summed E-state index contributed by atoms with van der Waals surface area (Å²) in [5.74, 6) is 0.0804. The zero-order chi connectivity index (χ0) is 24.8. The normalized spacial score (nSPS) is 23.4. The smallest absolute Gasteiger partial charge is 0.257 e. The van der Waals surface area contributed by atoms with E-state index < -0.39 is 23.0 Å². The number of carbonyl (C=O) groups is 1. The number of morpholine rings is 1. The van der Waals surface area contributed by atoms with Gasteiger partial charge in [-0.15, -0.1) is 0 Å². The van der Waals surface area contributed by atoms with E-state index in [2.05, 4.69) is 20.7 Å². The van der Waals surface area contributed by atoms with Crippen molar-refractivity contribution in [2.45, 2.75) is 18.4 Å². The van der Waals surface area contributed by atoms with E-state index in [0.717, 1.165) is 46.7 Å². The number of hydrogen-bond acceptors (Lipinski definition) is 7. The Kier molecular flexibility index (Phi) is 5.83. The molecule has 1 amide bonds. The first-order chi connectivity index (χ1) is 17.5. The zero-order valence-corrected chi connectivity index (χ0v) is 20.2. The number of nitrogens with one attached hydrogen (secondary N) is 1. The number of aromatic hydroxyl groups is 1. The summed E-state index contributed by atoms with van der Waals surface area (Å²) in [5, 5.41) is 21.8. The first-order valence-corrected chi connectivity index (χ1v) is 13.0. The summed E-state index contributed by atoms with van der Waals surface area (Å²) in [6, 6.07) is 15.2. The number of nitrogens with zero attached hydrogens (tertiary/aromatic N) is 2. The number of rotatable bonds is 4. The maximum Gasteiger partial charge on any atom is 0.257 e. The molecular formula is C27H25N3O5S. The number of phenols is 1. The summed E-state index contributed by atoms with van der Waals surface area (Å²) < 4.78 is 19.9. The molecule has 2 unspecified atom stereocenters. The molecule has 1 aliphatic carbocycles. The Hall–Kier alpha value is -3.53. The van der Waals surface area contributed by atoms with Gasteiger partial charge >= 0.3 is 0 Å². The first-order valence-electron chi connectivity index (χ1n) is 11.9. The highest BCUT2D eigenvalue weighted by atomic mass is 32.2. The standard InChI is InChI=1S/C27H25N3O5S/c31-22-12-16(4-6-20(22)24-14-26(33)29-36(24)34)27-19-3-1-2-18(21(19)13-23(27)32)17-5-7-25(28-15-17)30-8-10-35-11-9-30/h1-7,12,14-15,23,27,31-32H,8-11,13H2,(H,29,33)/t23-,27?,36?/m1/s1. The summed E-state index contributed by atoms with van der Waals surface area (Å²) in [6.45, 7) is 3.06. The number of benzene rings is 2. The van der Waals surface area contributed by atoms with Gasteiger partial charge in [0.15, 0.2) is 11.0 Å². The first kappa shape index (κ1) is 22.9. The second kappa shape index (κ2) is 9.16. The van der Waals surface area contributed by atoms with Crippen LogP contribution in [0.4, 0.5) is 5.82 Å². The molecule has 6 rings (SSSR count). The highest BCUT2D eigenvalue weighted by Gasteiger charge is 2.35. The quantitative estimate of drug-likeness (QED) is 0.502. The third-order valence-corrected chi connectivity index (χ3v) is 8.16. The molecule has 1 saturated heterocycles. The van der Waals surface area contributed by atoms with E-state index >= 15 is 0 Å². The molecule has 0 saturated carbocycles. The third kappa shape index (κ3) is 3.99. The molecule has 1 aromatic heterocycles. The Morgan fingerprint density at radius 2 is 1.92 bits per heavy atom. The molecule has 2 aliphatic heterocycles. The van der Waals surface area contributed by atoms with Crippen LogP contribution in [0.3, 0.4) is 0 Å². The Balaban J connectivity index is 1.31. The number of fused-ring (bicyclic) bond motifs is 1. The summed E-state index contributed by atoms with van der Waals surface area (Å²) >= 11 is 0. The van der Waals surface area contributed by atoms with E-state index in [1.54, 1.807) is 12.1 Å². The van der Waals surface area contributed by atoms with Gasteiger partial charge in [-0.1, -0.05) is 24.3 Å². The van der Waals surface area contributed by atoms with Crippen molar-refractivity contribution in [3.8, 4) is 16.9 Å². The van der Waals surface area contributed by atoms with Crippen molar-refractivity contribution in [3.05, 3.63) is 83.1 Å². The van der Waals surface area contributed by atoms with Crippen molar-refractivity contribution >= 4 is 27.6 Å². The molecule has 36 heavy (non-hydrogen) atoms. The fourth-order valence-electron chi connectivity index (χ4n) is 5.33. The molecule has 0 radical (unpaired) electrons. The number of aromatic nitrogens is 1. The summed E-state index contributed by atoms with van der Waals surface area (Å²) in [6.07, 6.45) is 2.94. The minimum Gasteiger partial charge on any atom is -0.507 e. The van der Waals surface area contributed by atoms with Gasteiger partial charge in [0.05, 0.1) is 24.2 Å². The molecule has 3 N–H and O–H groups in total. The van der Waals surface area contributed by atoms with Crippen LogP contribution in [0, 0.1) is 0 Å². The van der Waals surface area contributed by atoms with Crippen molar-refractivity contribution in [1.82, 2.24) is 9.71 Å². The largest absolute Gasteiger partial charge is 0.507 e. The highest BCUT2D eigenvalue weighted by Crippen LogP contribution is 2.44. The fourth-order valence-corrected chi connectivity index (χ4v) is 6.27. The predicted molar refractivity (Wildman–Crippen MR) is 137 cm³/mol. The Labute approximate surface area is 210 Å². The number of carbonyl (C=O) groups excluding carboxylic acids is 1. The molecule has 0 spiro atoms. The van der Waals surface area contributed by atoms with Gasteiger partial charge in [-0.25, -0.2) is 9.19 Å². The minimum atomic E-state index is -1.69. The van der Waals surface area contributed by atoms with E-state index in [4.69, 9.17) is 4.74 Å². The molecule has 3 heterocycles. The molecule has 184 valence electrons. The number of aliphatic hydroxyl groups is 1. The van der Waals surface area contributed by atoms with Crippen LogP contribution in [0.15, 0.2) is 60.8 Å². The molecular weight excluding hydrogens is 478 g/mol. The van der Waals surface area contributed by atoms with Crippen LogP contribution >= 0.6 is 0 Å². The molecule has 3 aliphatic rings. The van der Waals surface area contributed by atoms with Gasteiger partial charge in [-0.2, -0.15) is 0 Å². The lowest BCUT2D eigenvalue weighted by molar-refractivity contribution is -0.114. The van der Waals surface area contributed by atoms with E-state index in [1.165, 1.54) is 6.08 Å². The van der Waals surface area contributed by atoms with Crippen molar-refractivity contribution in [2.24, 2.45) is 0 Å². The van der Waals surface area contributed by atoms with Gasteiger partial charge in [-0.3, -0.25) is 9.52 Å². The van der Waals surface area contributed by atoms with Crippen molar-refractivity contribution in [3.63, 3.8) is 0 Å². The van der Waals surface area contributed by atoms with Crippen molar-refractivity contribution in [2.75, 3.05) is 31.2 Å². The van der Waals surface area contributed by atoms with E-state index in [-0.39, 0.29) is 16.6 Å². The Morgan fingerprint density at radius 3 is 2.61 bits per heavy atom. The lowest BCUT2D eigenvalue weighted by Crippen LogP contribution is -2.36. The molecule has 9 heteroatoms. The third-order valence-electron chi connectivity index (χ3n) is 7.04. The maximum absolute atomic E-state index is 12.1. The maximum atomic E-state index is 12.1. The molecule has 1 fully saturated rings. The van der Waals surface area contributed by atoms with E-state index in [0.29, 0.717) is 25.2 Å². The number of ether oxygens (including phenoxy) is 1. The molecule has 3 atom stereocenters. The topological polar surface area (TPSA) is 112 Å². The lowest BCUT2D eigenvalue weighted by Gasteiger charge is -2.27. The monoisotopic (exact) mass is 503 g/mol. The van der Waals surface area contributed by atoms with Crippen LogP contribution in [0.25, 0.3) is 16.0 Å². The molecule has 2 aromatic carbocycles. The van der Waals surface area contributed by atoms with Crippen LogP contribution in [-0.2, 0) is 26.9 Å². The molecule has 8 nitrogen and oxygen atoms in total. The van der Waals surface area contributed by atoms with Crippen molar-refractivity contribution < 1.29 is 24.0 Å². The average Bonchev–Trinajstić information content (AvgIpc) is 3.41. The summed E-state index contributed by atoms with van der Waals surface area (Å²) in [7, 11) is -1.69. The van der Waals surface area contributed by atoms with Crippen molar-refractivity contribution in [1.29, 1.82) is 0 Å². The van der Waals surface area contributed by atoms with Crippen LogP contribution in [-0.4, -0.2) is 57.7 Å². The predicted octanol–water partition coefficient (Wildman–Crippen LogP) is 2.47. The van der Waals surface area contributed by atoms with Gasteiger partial charge < -0.3 is 19.8 Å². The number of phenolic OH excluding ortho intramolecular Hbond substituents is 1. The van der Waals surface area contributed by atoms with Crippen LogP contribution in [0.5, 0.6) is 5.75 Å². The Morgan fingerprint density at radius 1 is 1.08 bits per heavy atom. The van der Waals surface area contributed by atoms with Crippen LogP contribution < -0.4 is 9.62 Å². The number of pyridine rings is 1. The van der Waals surface area contributed by atoms with Crippen LogP contribution in [0.2, 0.25) is 0 Å². The zero-order valence-electron chi connectivity index (χ0n) is 19.4. The van der Waals surface area contributed by atoms with E-state index in [1.807, 2.05) is 36.5 Å². The van der Waals surface area contributed by atoms with Gasteiger partial charge in [0.2, 0.25) is 0 Å². The minimum absolute atomic E-state index is 0.0803. The van der Waals surface area contributed by atoms with Crippen LogP contribution in [0.1, 0.15) is 28.2 Å². The average molecular weight is 504 g/mol. The second-order valence-electron chi connectivity index (χ2n) is 9.15. The number of aliphatic hydroxyl groups excluding tert-OH is 1. The highest BCUT2D eigenvalue weighted by molar-refractivity contribution is 7.94. The van der Waals surface area contributed by atoms with Gasteiger partial charge in [-0.05, 0) is 46.5 Å². The molecule has 0 bridgehead atoms. The molecule has 3 aromatic rings. The Bertz CT molecular complexity index is 1400. The SMILES string of the molecule is O=C1C=C(c2ccc(C3c4cccc(-c5ccc(N6CCOCC6)nc5)c4C[C@H]3O)cc2O)S(=O)N1. The number of anilines is 1. The summed E-state index contributed by atoms with van der Waals surface area (Å²) in [5.41, 5.74) is 5.18. The van der Waals surface area contributed by atoms with Gasteiger partial charge in [0.25, 0.3) is 5.91 Å². The second-order valence-corrected chi connectivity index (χ2v) is 10.3. The van der Waals surface area contributed by atoms with Gasteiger partial charge in [0.1, 0.15) is 11.6 Å². The summed E-state index contributed by atoms with van der Waals surface area (Å²) in [4.78, 5) is 18.7. The fraction of sp³-hybridized carbons (Fsp3) is 0.259. The lowest BCUT2D eigenvalue weighted by atomic mass is 9.89. The number of amides is 1. The number of hydrogen-bond donors (Lipinski definition) is 3. The van der Waals surface area contributed by atoms with Gasteiger partial charge in [0, 0.05) is 48.8 Å².